The van der Waals surface area contributed by atoms with Crippen LogP contribution in [0.25, 0.3) is 44.2 Å². The zero-order valence-electron chi connectivity index (χ0n) is 29.0. The molecule has 244 valence electrons. The van der Waals surface area contributed by atoms with Gasteiger partial charge in [0.1, 0.15) is 11.2 Å². The van der Waals surface area contributed by atoms with E-state index in [-0.39, 0.29) is 5.43 Å². The minimum absolute atomic E-state index is 0.00275. The molecule has 7 aromatic carbocycles. The monoisotopic (exact) mass is 657 g/mol. The first-order valence-electron chi connectivity index (χ1n) is 17.6. The summed E-state index contributed by atoms with van der Waals surface area (Å²) in [6.07, 6.45) is 0. The maximum atomic E-state index is 14.2. The molecule has 0 aliphatic heterocycles. The van der Waals surface area contributed by atoms with E-state index in [9.17, 15) is 4.79 Å². The van der Waals surface area contributed by atoms with Gasteiger partial charge < -0.3 is 9.32 Å². The average molecular weight is 658 g/mol. The lowest BCUT2D eigenvalue weighted by Crippen LogP contribution is -2.26. The number of aryl methyl sites for hydroxylation is 4. The van der Waals surface area contributed by atoms with Crippen LogP contribution in [-0.2, 0) is 5.41 Å². The topological polar surface area (TPSA) is 33.5 Å². The number of fused-ring (bicyclic) bond motifs is 12. The van der Waals surface area contributed by atoms with Gasteiger partial charge in [-0.3, -0.25) is 4.79 Å². The Morgan fingerprint density at radius 1 is 0.471 bits per heavy atom. The molecular weight excluding hydrogens is 623 g/mol. The van der Waals surface area contributed by atoms with Crippen LogP contribution < -0.4 is 10.3 Å². The summed E-state index contributed by atoms with van der Waals surface area (Å²) in [7, 11) is 0. The summed E-state index contributed by atoms with van der Waals surface area (Å²) >= 11 is 0. The fourth-order valence-corrected chi connectivity index (χ4v) is 8.89. The molecule has 0 radical (unpaired) electrons. The number of nitrogens with zero attached hydrogens (tertiary/aromatic N) is 1. The van der Waals surface area contributed by atoms with E-state index in [1.165, 1.54) is 55.6 Å². The Labute approximate surface area is 297 Å². The molecule has 2 aliphatic carbocycles. The molecule has 0 fully saturated rings. The average Bonchev–Trinajstić information content (AvgIpc) is 3.60. The van der Waals surface area contributed by atoms with Crippen LogP contribution in [0.15, 0.2) is 149 Å². The fraction of sp³-hybridized carbons (Fsp3) is 0.104. The number of anilines is 3. The molecule has 1 unspecified atom stereocenters. The minimum Gasteiger partial charge on any atom is -0.456 e. The third kappa shape index (κ3) is 4.03. The van der Waals surface area contributed by atoms with Gasteiger partial charge in [-0.15, -0.1) is 0 Å². The van der Waals surface area contributed by atoms with Gasteiger partial charge in [0.05, 0.1) is 16.2 Å². The van der Waals surface area contributed by atoms with Crippen LogP contribution in [0.4, 0.5) is 17.1 Å². The lowest BCUT2D eigenvalue weighted by atomic mass is 9.70. The summed E-state index contributed by atoms with van der Waals surface area (Å²) in [6.45, 7) is 8.72. The highest BCUT2D eigenvalue weighted by Gasteiger charge is 2.52. The van der Waals surface area contributed by atoms with E-state index in [2.05, 4.69) is 148 Å². The van der Waals surface area contributed by atoms with Crippen molar-refractivity contribution >= 4 is 39.0 Å². The third-order valence-corrected chi connectivity index (χ3v) is 11.2. The van der Waals surface area contributed by atoms with Gasteiger partial charge in [0.25, 0.3) is 0 Å². The highest BCUT2D eigenvalue weighted by atomic mass is 16.3. The molecule has 0 saturated heterocycles. The van der Waals surface area contributed by atoms with Gasteiger partial charge in [-0.05, 0) is 143 Å². The van der Waals surface area contributed by atoms with Crippen LogP contribution >= 0.6 is 0 Å². The summed E-state index contributed by atoms with van der Waals surface area (Å²) in [5, 5.41) is 1.20. The third-order valence-electron chi connectivity index (χ3n) is 11.2. The second-order valence-corrected chi connectivity index (χ2v) is 14.3. The van der Waals surface area contributed by atoms with Gasteiger partial charge in [0, 0.05) is 17.1 Å². The van der Waals surface area contributed by atoms with Crippen molar-refractivity contribution in [1.82, 2.24) is 0 Å². The number of para-hydroxylation sites is 1. The Morgan fingerprint density at radius 2 is 1.04 bits per heavy atom. The Morgan fingerprint density at radius 3 is 1.73 bits per heavy atom. The summed E-state index contributed by atoms with van der Waals surface area (Å²) in [4.78, 5) is 16.6. The van der Waals surface area contributed by atoms with Gasteiger partial charge >= 0.3 is 0 Å². The van der Waals surface area contributed by atoms with E-state index in [0.717, 1.165) is 28.2 Å². The number of hydrogen-bond donors (Lipinski definition) is 0. The zero-order chi connectivity index (χ0) is 34.6. The summed E-state index contributed by atoms with van der Waals surface area (Å²) in [5.41, 5.74) is 18.4. The van der Waals surface area contributed by atoms with Crippen molar-refractivity contribution in [3.05, 3.63) is 194 Å². The van der Waals surface area contributed by atoms with E-state index < -0.39 is 5.41 Å². The molecule has 0 saturated carbocycles. The van der Waals surface area contributed by atoms with Gasteiger partial charge in [-0.1, -0.05) is 91.0 Å². The summed E-state index contributed by atoms with van der Waals surface area (Å²) in [6, 6.07) is 49.8. The lowest BCUT2D eigenvalue weighted by molar-refractivity contribution is 0.659. The van der Waals surface area contributed by atoms with Crippen molar-refractivity contribution in [3.8, 4) is 22.3 Å². The van der Waals surface area contributed by atoms with Crippen LogP contribution in [0.5, 0.6) is 0 Å². The highest BCUT2D eigenvalue weighted by molar-refractivity contribution is 6.01. The Bertz CT molecular complexity index is 2790. The van der Waals surface area contributed by atoms with E-state index in [1.54, 1.807) is 0 Å². The predicted molar refractivity (Wildman–Crippen MR) is 210 cm³/mol. The van der Waals surface area contributed by atoms with Crippen LogP contribution in [-0.4, -0.2) is 0 Å². The summed E-state index contributed by atoms with van der Waals surface area (Å²) < 4.78 is 6.44. The smallest absolute Gasteiger partial charge is 0.200 e. The predicted octanol–water partition coefficient (Wildman–Crippen LogP) is 12.0. The molecule has 3 nitrogen and oxygen atoms in total. The quantitative estimate of drug-likeness (QED) is 0.177. The van der Waals surface area contributed by atoms with Gasteiger partial charge in [-0.25, -0.2) is 0 Å². The van der Waals surface area contributed by atoms with Gasteiger partial charge in [0.2, 0.25) is 5.43 Å². The molecule has 3 heteroatoms. The zero-order valence-corrected chi connectivity index (χ0v) is 29.0. The fourth-order valence-electron chi connectivity index (χ4n) is 8.89. The van der Waals surface area contributed by atoms with Gasteiger partial charge in [0.15, 0.2) is 0 Å². The molecule has 1 spiro atoms. The molecule has 1 heterocycles. The molecule has 8 aromatic rings. The van der Waals surface area contributed by atoms with Crippen molar-refractivity contribution in [2.24, 2.45) is 0 Å². The highest BCUT2D eigenvalue weighted by Crippen LogP contribution is 2.63. The van der Waals surface area contributed by atoms with Crippen LogP contribution in [0, 0.1) is 27.7 Å². The van der Waals surface area contributed by atoms with Crippen molar-refractivity contribution in [2.75, 3.05) is 4.90 Å². The van der Waals surface area contributed by atoms with Crippen molar-refractivity contribution in [1.29, 1.82) is 0 Å². The first kappa shape index (κ1) is 29.7. The Balaban J connectivity index is 1.32. The molecule has 1 aromatic heterocycles. The van der Waals surface area contributed by atoms with E-state index in [1.807, 2.05) is 24.3 Å². The van der Waals surface area contributed by atoms with E-state index in [0.29, 0.717) is 21.9 Å². The first-order chi connectivity index (χ1) is 24.8. The SMILES string of the molecule is Cc1ccc(C)c(N(c2ccc3c(c2)C2(c4ccccc4-3)c3ccccc3-c3cc4oc5ccccc5c(=O)c4cc32)c2cc(C)ccc2C)c1. The second-order valence-electron chi connectivity index (χ2n) is 14.3. The second kappa shape index (κ2) is 10.7. The standard InChI is InChI=1S/C48H35NO2/c1-28-17-19-30(3)43(23-28)49(44-24-29(2)18-20-31(44)4)32-21-22-35-33-11-5-8-14-39(33)48(41(35)25-32)40-15-9-6-12-34(40)37-27-46-38(26-42(37)48)47(50)36-13-7-10-16-45(36)51-46/h5-27H,1-4H3. The first-order valence-corrected chi connectivity index (χ1v) is 17.6. The van der Waals surface area contributed by atoms with E-state index in [4.69, 9.17) is 4.42 Å². The largest absolute Gasteiger partial charge is 0.456 e. The van der Waals surface area contributed by atoms with E-state index >= 15 is 0 Å². The summed E-state index contributed by atoms with van der Waals surface area (Å²) in [5.74, 6) is 0. The maximum Gasteiger partial charge on any atom is 0.200 e. The normalized spacial score (nSPS) is 15.2. The molecule has 2 aliphatic rings. The lowest BCUT2D eigenvalue weighted by Gasteiger charge is -2.33. The molecule has 0 bridgehead atoms. The molecule has 10 rings (SSSR count). The molecule has 51 heavy (non-hydrogen) atoms. The van der Waals surface area contributed by atoms with Crippen molar-refractivity contribution in [3.63, 3.8) is 0 Å². The maximum absolute atomic E-state index is 14.2. The van der Waals surface area contributed by atoms with Crippen LogP contribution in [0.1, 0.15) is 44.5 Å². The minimum atomic E-state index is -0.630. The van der Waals surface area contributed by atoms with Crippen LogP contribution in [0.2, 0.25) is 0 Å². The van der Waals surface area contributed by atoms with Crippen molar-refractivity contribution in [2.45, 2.75) is 33.1 Å². The Kier molecular flexibility index (Phi) is 6.21. The van der Waals surface area contributed by atoms with Crippen LogP contribution in [0.3, 0.4) is 0 Å². The van der Waals surface area contributed by atoms with Crippen molar-refractivity contribution < 1.29 is 4.42 Å². The Hall–Kier alpha value is -6.19. The molecule has 0 amide bonds. The molecule has 1 atom stereocenters. The van der Waals surface area contributed by atoms with Gasteiger partial charge in [-0.2, -0.15) is 0 Å². The number of rotatable bonds is 3. The molecule has 0 N–H and O–H groups in total. The number of hydrogen-bond acceptors (Lipinski definition) is 3. The number of benzene rings is 7. The molecular formula is C48H35NO2.